The minimum absolute atomic E-state index is 0.175. The molecule has 0 radical (unpaired) electrons. The zero-order chi connectivity index (χ0) is 18.1. The maximum Gasteiger partial charge on any atom is 0.273 e. The summed E-state index contributed by atoms with van der Waals surface area (Å²) < 4.78 is 2.13. The van der Waals surface area contributed by atoms with Crippen molar-refractivity contribution in [2.45, 2.75) is 32.9 Å². The van der Waals surface area contributed by atoms with Gasteiger partial charge in [-0.2, -0.15) is 5.10 Å². The van der Waals surface area contributed by atoms with Crippen LogP contribution in [0.5, 0.6) is 0 Å². The molecule has 1 aliphatic heterocycles. The van der Waals surface area contributed by atoms with Crippen LogP contribution >= 0.6 is 0 Å². The number of H-pyrrole nitrogens is 1. The predicted octanol–water partition coefficient (Wildman–Crippen LogP) is 1.43. The minimum Gasteiger partial charge on any atom is -0.340 e. The van der Waals surface area contributed by atoms with Crippen LogP contribution in [0.4, 0.5) is 0 Å². The molecule has 1 unspecified atom stereocenters. The number of carbonyl (C=O) groups is 1. The van der Waals surface area contributed by atoms with Gasteiger partial charge in [0.2, 0.25) is 0 Å². The number of hydrogen-bond donors (Lipinski definition) is 3. The van der Waals surface area contributed by atoms with Crippen LogP contribution in [-0.2, 0) is 13.0 Å². The minimum atomic E-state index is -0.225. The lowest BCUT2D eigenvalue weighted by molar-refractivity contribution is 0.0918. The van der Waals surface area contributed by atoms with Crippen LogP contribution in [0.25, 0.3) is 10.9 Å². The summed E-state index contributed by atoms with van der Waals surface area (Å²) in [6.07, 6.45) is 0.843. The van der Waals surface area contributed by atoms with Gasteiger partial charge in [0.15, 0.2) is 11.5 Å². The Bertz CT molecular complexity index is 927. The van der Waals surface area contributed by atoms with Crippen molar-refractivity contribution in [3.63, 3.8) is 0 Å². The summed E-state index contributed by atoms with van der Waals surface area (Å²) in [4.78, 5) is 12.9. The molecular formula is C18H23N7O. The third-order valence-electron chi connectivity index (χ3n) is 4.81. The lowest BCUT2D eigenvalue weighted by Crippen LogP contribution is -2.34. The van der Waals surface area contributed by atoms with Crippen molar-refractivity contribution in [2.75, 3.05) is 13.1 Å². The molecule has 0 bridgehead atoms. The van der Waals surface area contributed by atoms with Gasteiger partial charge in [0, 0.05) is 31.4 Å². The topological polar surface area (TPSA) is 101 Å². The Balaban J connectivity index is 1.64. The van der Waals surface area contributed by atoms with E-state index < -0.39 is 0 Å². The molecule has 3 aromatic rings. The summed E-state index contributed by atoms with van der Waals surface area (Å²) in [7, 11) is 0. The third-order valence-corrected chi connectivity index (χ3v) is 4.81. The maximum atomic E-state index is 12.9. The first kappa shape index (κ1) is 16.7. The lowest BCUT2D eigenvalue weighted by atomic mass is 10.0. The average molecular weight is 353 g/mol. The summed E-state index contributed by atoms with van der Waals surface area (Å²) in [6, 6.07) is 7.40. The average Bonchev–Trinajstić information content (AvgIpc) is 3.16. The van der Waals surface area contributed by atoms with Crippen LogP contribution in [0.1, 0.15) is 42.0 Å². The summed E-state index contributed by atoms with van der Waals surface area (Å²) in [5.41, 5.74) is 1.25. The molecule has 3 N–H and O–H groups in total. The van der Waals surface area contributed by atoms with Crippen LogP contribution < -0.4 is 10.6 Å². The molecule has 0 aliphatic carbocycles. The Kier molecular flexibility index (Phi) is 4.42. The molecular weight excluding hydrogens is 330 g/mol. The van der Waals surface area contributed by atoms with Gasteiger partial charge in [-0.1, -0.05) is 32.0 Å². The molecule has 0 spiro atoms. The third kappa shape index (κ3) is 2.96. The van der Waals surface area contributed by atoms with Crippen molar-refractivity contribution in [1.29, 1.82) is 0 Å². The van der Waals surface area contributed by atoms with Crippen LogP contribution in [0, 0.1) is 5.92 Å². The number of aromatic amines is 1. The molecule has 0 fully saturated rings. The summed E-state index contributed by atoms with van der Waals surface area (Å²) in [6.45, 7) is 6.73. The van der Waals surface area contributed by atoms with E-state index >= 15 is 0 Å². The van der Waals surface area contributed by atoms with Gasteiger partial charge in [-0.15, -0.1) is 10.2 Å². The second-order valence-electron chi connectivity index (χ2n) is 6.94. The first-order chi connectivity index (χ1) is 12.6. The van der Waals surface area contributed by atoms with E-state index in [4.69, 9.17) is 0 Å². The Labute approximate surface area is 151 Å². The van der Waals surface area contributed by atoms with Gasteiger partial charge in [0.25, 0.3) is 5.91 Å². The highest BCUT2D eigenvalue weighted by molar-refractivity contribution is 6.04. The molecule has 1 amide bonds. The zero-order valence-corrected chi connectivity index (χ0v) is 15.0. The Hall–Kier alpha value is -2.74. The monoisotopic (exact) mass is 353 g/mol. The number of carbonyl (C=O) groups excluding carboxylic acids is 1. The van der Waals surface area contributed by atoms with Crippen LogP contribution in [0.2, 0.25) is 0 Å². The van der Waals surface area contributed by atoms with Crippen molar-refractivity contribution in [3.05, 3.63) is 41.6 Å². The summed E-state index contributed by atoms with van der Waals surface area (Å²) in [5.74, 6) is 1.75. The van der Waals surface area contributed by atoms with E-state index in [0.717, 1.165) is 48.6 Å². The lowest BCUT2D eigenvalue weighted by Gasteiger charge is -2.22. The molecule has 2 aromatic heterocycles. The number of amides is 1. The number of benzene rings is 1. The quantitative estimate of drug-likeness (QED) is 0.659. The van der Waals surface area contributed by atoms with Crippen molar-refractivity contribution in [2.24, 2.45) is 5.92 Å². The van der Waals surface area contributed by atoms with Crippen molar-refractivity contribution in [3.8, 4) is 0 Å². The summed E-state index contributed by atoms with van der Waals surface area (Å²) >= 11 is 0. The first-order valence-electron chi connectivity index (χ1n) is 9.02. The predicted molar refractivity (Wildman–Crippen MR) is 97.7 cm³/mol. The van der Waals surface area contributed by atoms with Crippen molar-refractivity contribution in [1.82, 2.24) is 35.6 Å². The number of fused-ring (bicyclic) bond motifs is 2. The van der Waals surface area contributed by atoms with Gasteiger partial charge in [-0.05, 0) is 12.0 Å². The fourth-order valence-electron chi connectivity index (χ4n) is 3.40. The molecule has 0 saturated carbocycles. The number of rotatable bonds is 4. The first-order valence-corrected chi connectivity index (χ1v) is 9.02. The summed E-state index contributed by atoms with van der Waals surface area (Å²) in [5, 5.41) is 23.2. The Morgan fingerprint density at radius 3 is 2.92 bits per heavy atom. The Morgan fingerprint density at radius 2 is 2.08 bits per heavy atom. The highest BCUT2D eigenvalue weighted by atomic mass is 16.2. The van der Waals surface area contributed by atoms with E-state index in [1.165, 1.54) is 0 Å². The van der Waals surface area contributed by atoms with Crippen LogP contribution in [0.15, 0.2) is 24.3 Å². The van der Waals surface area contributed by atoms with Crippen LogP contribution in [0.3, 0.4) is 0 Å². The molecule has 1 aromatic carbocycles. The molecule has 1 aliphatic rings. The van der Waals surface area contributed by atoms with E-state index in [9.17, 15) is 4.79 Å². The molecule has 0 saturated heterocycles. The SMILES string of the molecule is CC(C)C(NC(=O)c1n[nH]c2ccccc12)c1nnc2n1CCNCC2. The molecule has 3 heterocycles. The largest absolute Gasteiger partial charge is 0.340 e. The normalized spacial score (nSPS) is 15.7. The number of aromatic nitrogens is 5. The Morgan fingerprint density at radius 1 is 1.23 bits per heavy atom. The highest BCUT2D eigenvalue weighted by Gasteiger charge is 2.27. The maximum absolute atomic E-state index is 12.9. The van der Waals surface area contributed by atoms with Gasteiger partial charge in [-0.25, -0.2) is 0 Å². The zero-order valence-electron chi connectivity index (χ0n) is 15.0. The van der Waals surface area contributed by atoms with Gasteiger partial charge < -0.3 is 15.2 Å². The van der Waals surface area contributed by atoms with Gasteiger partial charge in [0.05, 0.1) is 11.6 Å². The van der Waals surface area contributed by atoms with Crippen molar-refractivity contribution < 1.29 is 4.79 Å². The van der Waals surface area contributed by atoms with Gasteiger partial charge in [-0.3, -0.25) is 9.89 Å². The van der Waals surface area contributed by atoms with Gasteiger partial charge in [0.1, 0.15) is 5.82 Å². The van der Waals surface area contributed by atoms with Crippen molar-refractivity contribution >= 4 is 16.8 Å². The molecule has 1 atom stereocenters. The molecule has 136 valence electrons. The molecule has 8 heteroatoms. The standard InChI is InChI=1S/C18H23N7O/c1-11(2)15(17-24-22-14-7-8-19-9-10-25(14)17)20-18(26)16-12-5-3-4-6-13(12)21-23-16/h3-6,11,15,19H,7-10H2,1-2H3,(H,20,26)(H,21,23). The second kappa shape index (κ2) is 6.87. The molecule has 8 nitrogen and oxygen atoms in total. The van der Waals surface area contributed by atoms with Crippen LogP contribution in [-0.4, -0.2) is 44.0 Å². The van der Waals surface area contributed by atoms with E-state index in [1.807, 2.05) is 24.3 Å². The van der Waals surface area contributed by atoms with E-state index in [2.05, 4.69) is 49.4 Å². The number of nitrogens with zero attached hydrogens (tertiary/aromatic N) is 4. The number of nitrogens with one attached hydrogen (secondary N) is 3. The van der Waals surface area contributed by atoms with E-state index in [-0.39, 0.29) is 17.9 Å². The number of para-hydroxylation sites is 1. The smallest absolute Gasteiger partial charge is 0.273 e. The fourth-order valence-corrected chi connectivity index (χ4v) is 3.40. The van der Waals surface area contributed by atoms with Gasteiger partial charge >= 0.3 is 0 Å². The van der Waals surface area contributed by atoms with E-state index in [1.54, 1.807) is 0 Å². The molecule has 4 rings (SSSR count). The van der Waals surface area contributed by atoms with E-state index in [0.29, 0.717) is 5.69 Å². The highest BCUT2D eigenvalue weighted by Crippen LogP contribution is 2.23. The fraction of sp³-hybridized carbons (Fsp3) is 0.444. The number of hydrogen-bond acceptors (Lipinski definition) is 5. The molecule has 26 heavy (non-hydrogen) atoms. The second-order valence-corrected chi connectivity index (χ2v) is 6.94.